The van der Waals surface area contributed by atoms with Crippen molar-refractivity contribution >= 4 is 23.7 Å². The molecule has 1 saturated heterocycles. The van der Waals surface area contributed by atoms with Gasteiger partial charge in [0.1, 0.15) is 0 Å². The molecule has 1 fully saturated rings. The Morgan fingerprint density at radius 2 is 2.17 bits per heavy atom. The normalized spacial score (nSPS) is 26.6. The number of carbonyl (C=O) groups excluding carboxylic acids is 2. The van der Waals surface area contributed by atoms with Crippen LogP contribution in [0, 0.1) is 5.92 Å². The number of aliphatic imine (C=N–C) groups is 1. The molecule has 0 aromatic heterocycles. The summed E-state index contributed by atoms with van der Waals surface area (Å²) in [6.45, 7) is 1.27. The molecular formula is C17H19N3O3. The number of amides is 2. The Hall–Kier alpha value is -2.47. The van der Waals surface area contributed by atoms with Crippen LogP contribution in [0.2, 0.25) is 0 Å². The van der Waals surface area contributed by atoms with E-state index in [4.69, 9.17) is 0 Å². The summed E-state index contributed by atoms with van der Waals surface area (Å²) in [5.74, 6) is -1.11. The molecule has 2 atom stereocenters. The number of hydrogen-bond acceptors (Lipinski definition) is 4. The van der Waals surface area contributed by atoms with E-state index in [0.29, 0.717) is 25.3 Å². The van der Waals surface area contributed by atoms with Crippen molar-refractivity contribution in [2.24, 2.45) is 10.9 Å². The molecule has 0 spiro atoms. The number of nitrogens with zero attached hydrogens (tertiary/aromatic N) is 2. The lowest BCUT2D eigenvalue weighted by Gasteiger charge is -2.23. The average Bonchev–Trinajstić information content (AvgIpc) is 2.91. The Morgan fingerprint density at radius 3 is 2.87 bits per heavy atom. The van der Waals surface area contributed by atoms with Gasteiger partial charge in [0.25, 0.3) is 11.8 Å². The number of para-hydroxylation sites is 1. The van der Waals surface area contributed by atoms with Crippen LogP contribution < -0.4 is 10.2 Å². The summed E-state index contributed by atoms with van der Waals surface area (Å²) >= 11 is 0. The van der Waals surface area contributed by atoms with Crippen molar-refractivity contribution in [3.63, 3.8) is 0 Å². The summed E-state index contributed by atoms with van der Waals surface area (Å²) in [5.41, 5.74) is -1.30. The first-order valence-electron chi connectivity index (χ1n) is 7.65. The molecule has 1 aromatic rings. The molecule has 2 heterocycles. The first kappa shape index (κ1) is 15.4. The van der Waals surface area contributed by atoms with Gasteiger partial charge in [-0.25, -0.2) is 0 Å². The third-order valence-corrected chi connectivity index (χ3v) is 4.18. The summed E-state index contributed by atoms with van der Waals surface area (Å²) in [7, 11) is 0. The molecular weight excluding hydrogens is 294 g/mol. The number of rotatable bonds is 4. The van der Waals surface area contributed by atoms with E-state index in [1.807, 2.05) is 30.4 Å². The van der Waals surface area contributed by atoms with Crippen LogP contribution in [0.1, 0.15) is 6.42 Å². The van der Waals surface area contributed by atoms with Crippen molar-refractivity contribution < 1.29 is 14.7 Å². The van der Waals surface area contributed by atoms with E-state index in [1.165, 1.54) is 4.90 Å². The van der Waals surface area contributed by atoms with E-state index in [-0.39, 0.29) is 12.3 Å². The Labute approximate surface area is 134 Å². The highest BCUT2D eigenvalue weighted by molar-refractivity contribution is 6.16. The Bertz CT molecular complexity index is 656. The minimum Gasteiger partial charge on any atom is -0.372 e. The highest BCUT2D eigenvalue weighted by Crippen LogP contribution is 2.28. The van der Waals surface area contributed by atoms with E-state index in [0.717, 1.165) is 0 Å². The van der Waals surface area contributed by atoms with Crippen LogP contribution in [0.15, 0.2) is 47.5 Å². The van der Waals surface area contributed by atoms with Gasteiger partial charge < -0.3 is 15.3 Å². The van der Waals surface area contributed by atoms with Gasteiger partial charge in [-0.15, -0.1) is 0 Å². The second-order valence-electron chi connectivity index (χ2n) is 5.77. The van der Waals surface area contributed by atoms with Crippen molar-refractivity contribution in [2.75, 3.05) is 24.5 Å². The molecule has 1 aromatic carbocycles. The van der Waals surface area contributed by atoms with Gasteiger partial charge in [0.05, 0.1) is 0 Å². The number of benzene rings is 1. The molecule has 120 valence electrons. The van der Waals surface area contributed by atoms with E-state index < -0.39 is 17.4 Å². The fourth-order valence-corrected chi connectivity index (χ4v) is 2.80. The average molecular weight is 313 g/mol. The maximum Gasteiger partial charge on any atom is 0.268 e. The molecule has 2 N–H and O–H groups in total. The number of anilines is 1. The van der Waals surface area contributed by atoms with Crippen LogP contribution in [0.3, 0.4) is 0 Å². The van der Waals surface area contributed by atoms with Gasteiger partial charge >= 0.3 is 0 Å². The van der Waals surface area contributed by atoms with Crippen LogP contribution in [0.4, 0.5) is 5.69 Å². The van der Waals surface area contributed by atoms with Crippen LogP contribution in [0.25, 0.3) is 0 Å². The molecule has 0 aliphatic carbocycles. The standard InChI is InChI=1S/C17H19N3O3/c21-15(19-12-13-5-4-9-18-11-13)17(23)8-10-20(16(17)22)14-6-2-1-3-7-14/h1-7,9,13,23H,8,10-12H2,(H,19,21)/t13?,17-/m0/s1. The highest BCUT2D eigenvalue weighted by Gasteiger charge is 2.51. The van der Waals surface area contributed by atoms with Gasteiger partial charge in [0.2, 0.25) is 5.60 Å². The van der Waals surface area contributed by atoms with Crippen molar-refractivity contribution in [3.8, 4) is 0 Å². The maximum atomic E-state index is 12.5. The third kappa shape index (κ3) is 3.03. The van der Waals surface area contributed by atoms with E-state index in [1.54, 1.807) is 18.3 Å². The molecule has 1 unspecified atom stereocenters. The van der Waals surface area contributed by atoms with Gasteiger partial charge in [0, 0.05) is 43.9 Å². The van der Waals surface area contributed by atoms with Gasteiger partial charge in [-0.05, 0) is 18.2 Å². The topological polar surface area (TPSA) is 82.0 Å². The number of dihydropyridines is 1. The van der Waals surface area contributed by atoms with Gasteiger partial charge in [-0.3, -0.25) is 14.6 Å². The van der Waals surface area contributed by atoms with E-state index >= 15 is 0 Å². The highest BCUT2D eigenvalue weighted by atomic mass is 16.3. The van der Waals surface area contributed by atoms with Crippen LogP contribution in [-0.4, -0.2) is 48.4 Å². The van der Waals surface area contributed by atoms with Crippen molar-refractivity contribution in [1.82, 2.24) is 5.32 Å². The zero-order valence-electron chi connectivity index (χ0n) is 12.7. The zero-order chi connectivity index (χ0) is 16.3. The Morgan fingerprint density at radius 1 is 1.39 bits per heavy atom. The predicted molar refractivity (Wildman–Crippen MR) is 87.4 cm³/mol. The molecule has 6 heteroatoms. The summed E-state index contributed by atoms with van der Waals surface area (Å²) in [6, 6.07) is 9.05. The second-order valence-corrected chi connectivity index (χ2v) is 5.77. The Balaban J connectivity index is 1.64. The number of aliphatic hydroxyl groups is 1. The number of carbonyl (C=O) groups is 2. The van der Waals surface area contributed by atoms with E-state index in [9.17, 15) is 14.7 Å². The van der Waals surface area contributed by atoms with Gasteiger partial charge in [0.15, 0.2) is 0 Å². The van der Waals surface area contributed by atoms with Crippen molar-refractivity contribution in [1.29, 1.82) is 0 Å². The lowest BCUT2D eigenvalue weighted by atomic mass is 10.0. The molecule has 2 amide bonds. The summed E-state index contributed by atoms with van der Waals surface area (Å²) in [4.78, 5) is 30.4. The maximum absolute atomic E-state index is 12.5. The number of allylic oxidation sites excluding steroid dienone is 1. The minimum atomic E-state index is -1.99. The summed E-state index contributed by atoms with van der Waals surface area (Å²) in [5, 5.41) is 13.2. The number of hydrogen-bond donors (Lipinski definition) is 2. The first-order valence-corrected chi connectivity index (χ1v) is 7.65. The predicted octanol–water partition coefficient (Wildman–Crippen LogP) is 0.527. The largest absolute Gasteiger partial charge is 0.372 e. The summed E-state index contributed by atoms with van der Waals surface area (Å²) < 4.78 is 0. The molecule has 2 aliphatic heterocycles. The second kappa shape index (κ2) is 6.34. The van der Waals surface area contributed by atoms with Crippen LogP contribution in [-0.2, 0) is 9.59 Å². The van der Waals surface area contributed by atoms with Crippen LogP contribution in [0.5, 0.6) is 0 Å². The Kier molecular flexibility index (Phi) is 4.25. The summed E-state index contributed by atoms with van der Waals surface area (Å²) in [6.07, 6.45) is 5.58. The number of nitrogens with one attached hydrogen (secondary N) is 1. The van der Waals surface area contributed by atoms with Crippen LogP contribution >= 0.6 is 0 Å². The van der Waals surface area contributed by atoms with Crippen molar-refractivity contribution in [3.05, 3.63) is 42.5 Å². The zero-order valence-corrected chi connectivity index (χ0v) is 12.7. The smallest absolute Gasteiger partial charge is 0.268 e. The first-order chi connectivity index (χ1) is 11.1. The molecule has 6 nitrogen and oxygen atoms in total. The molecule has 0 saturated carbocycles. The minimum absolute atomic E-state index is 0.0885. The molecule has 3 rings (SSSR count). The SMILES string of the molecule is O=C(NCC1C=CC=NC1)[C@@]1(O)CCN(c2ccccc2)C1=O. The lowest BCUT2D eigenvalue weighted by Crippen LogP contribution is -2.53. The van der Waals surface area contributed by atoms with E-state index in [2.05, 4.69) is 10.3 Å². The fourth-order valence-electron chi connectivity index (χ4n) is 2.80. The van der Waals surface area contributed by atoms with Gasteiger partial charge in [-0.1, -0.05) is 24.3 Å². The molecule has 23 heavy (non-hydrogen) atoms. The lowest BCUT2D eigenvalue weighted by molar-refractivity contribution is -0.149. The third-order valence-electron chi connectivity index (χ3n) is 4.18. The quantitative estimate of drug-likeness (QED) is 0.796. The molecule has 0 bridgehead atoms. The van der Waals surface area contributed by atoms with Gasteiger partial charge in [-0.2, -0.15) is 0 Å². The molecule has 2 aliphatic rings. The van der Waals surface area contributed by atoms with Crippen molar-refractivity contribution in [2.45, 2.75) is 12.0 Å². The monoisotopic (exact) mass is 313 g/mol. The molecule has 0 radical (unpaired) electrons. The fraction of sp³-hybridized carbons (Fsp3) is 0.353.